The summed E-state index contributed by atoms with van der Waals surface area (Å²) < 4.78 is 0. The van der Waals surface area contributed by atoms with E-state index in [-0.39, 0.29) is 49.7 Å². The summed E-state index contributed by atoms with van der Waals surface area (Å²) in [4.78, 5) is 49.8. The van der Waals surface area contributed by atoms with Crippen LogP contribution in [0.5, 0.6) is 0 Å². The molecule has 0 heterocycles. The lowest BCUT2D eigenvalue weighted by Crippen LogP contribution is -2.24. The number of ketones is 3. The zero-order chi connectivity index (χ0) is 20.9. The van der Waals surface area contributed by atoms with Gasteiger partial charge in [-0.1, -0.05) is 48.0 Å². The van der Waals surface area contributed by atoms with Gasteiger partial charge in [-0.2, -0.15) is 0 Å². The van der Waals surface area contributed by atoms with E-state index < -0.39 is 23.3 Å². The number of hydrogen-bond acceptors (Lipinski definition) is 5. The number of hydrogen-bond donors (Lipinski definition) is 2. The number of carbonyl (C=O) groups excluding carboxylic acids is 3. The maximum absolute atomic E-state index is 13.0. The predicted molar refractivity (Wildman–Crippen MR) is 106 cm³/mol. The first kappa shape index (κ1) is 18.6. The molecule has 0 saturated carbocycles. The molecule has 0 radical (unpaired) electrons. The number of carboxylic acids is 1. The molecule has 0 atom stereocenters. The van der Waals surface area contributed by atoms with Gasteiger partial charge >= 0.3 is 5.97 Å². The van der Waals surface area contributed by atoms with Crippen LogP contribution >= 0.6 is 11.6 Å². The second-order valence-electron chi connectivity index (χ2n) is 6.49. The molecule has 0 unspecified atom stereocenters. The number of nitrogen functional groups attached to an aromatic ring is 1. The summed E-state index contributed by atoms with van der Waals surface area (Å²) in [6.45, 7) is 0. The molecule has 1 aliphatic carbocycles. The number of benzene rings is 3. The van der Waals surface area contributed by atoms with Crippen LogP contribution in [0.2, 0.25) is 5.02 Å². The summed E-state index contributed by atoms with van der Waals surface area (Å²) in [5, 5.41) is 8.94. The number of anilines is 1. The standard InChI is InChI=1S/C22H12ClNO5/c23-15-9-14(19(25)10-5-7-11(8-6-10)22(28)29)18(24)17-16(15)20(26)12-3-1-2-4-13(12)21(17)27/h1-9H,24H2,(H,28,29). The van der Waals surface area contributed by atoms with E-state index in [1.807, 2.05) is 0 Å². The number of carboxylic acid groups (broad SMARTS) is 1. The Morgan fingerprint density at radius 2 is 1.34 bits per heavy atom. The molecular formula is C22H12ClNO5. The zero-order valence-corrected chi connectivity index (χ0v) is 15.5. The van der Waals surface area contributed by atoms with Crippen LogP contribution in [-0.4, -0.2) is 28.4 Å². The van der Waals surface area contributed by atoms with Gasteiger partial charge in [0.25, 0.3) is 0 Å². The van der Waals surface area contributed by atoms with E-state index >= 15 is 0 Å². The van der Waals surface area contributed by atoms with Crippen LogP contribution in [-0.2, 0) is 0 Å². The lowest BCUT2D eigenvalue weighted by Gasteiger charge is -2.21. The molecule has 3 aromatic rings. The summed E-state index contributed by atoms with van der Waals surface area (Å²) in [6, 6.07) is 12.9. The smallest absolute Gasteiger partial charge is 0.335 e. The highest BCUT2D eigenvalue weighted by molar-refractivity contribution is 6.41. The second-order valence-corrected chi connectivity index (χ2v) is 6.89. The minimum atomic E-state index is -1.12. The van der Waals surface area contributed by atoms with E-state index in [0.29, 0.717) is 0 Å². The quantitative estimate of drug-likeness (QED) is 0.397. The number of aromatic carboxylic acids is 1. The van der Waals surface area contributed by atoms with Gasteiger partial charge in [-0.15, -0.1) is 0 Å². The monoisotopic (exact) mass is 405 g/mol. The third-order valence-corrected chi connectivity index (χ3v) is 5.13. The number of fused-ring (bicyclic) bond motifs is 2. The highest BCUT2D eigenvalue weighted by Gasteiger charge is 2.35. The lowest BCUT2D eigenvalue weighted by atomic mass is 9.81. The Kier molecular flexibility index (Phi) is 4.28. The van der Waals surface area contributed by atoms with Gasteiger partial charge in [-0.3, -0.25) is 14.4 Å². The molecule has 7 heteroatoms. The van der Waals surface area contributed by atoms with Crippen molar-refractivity contribution in [1.82, 2.24) is 0 Å². The topological polar surface area (TPSA) is 115 Å². The molecule has 0 spiro atoms. The van der Waals surface area contributed by atoms with Crippen LogP contribution in [0.3, 0.4) is 0 Å². The van der Waals surface area contributed by atoms with Gasteiger partial charge in [0.05, 0.1) is 27.4 Å². The minimum absolute atomic E-state index is 0.0226. The molecule has 142 valence electrons. The highest BCUT2D eigenvalue weighted by atomic mass is 35.5. The molecule has 0 fully saturated rings. The third kappa shape index (κ3) is 2.81. The summed E-state index contributed by atoms with van der Waals surface area (Å²) >= 11 is 6.29. The van der Waals surface area contributed by atoms with Crippen molar-refractivity contribution in [3.05, 3.63) is 98.6 Å². The van der Waals surface area contributed by atoms with Gasteiger partial charge in [0.1, 0.15) is 0 Å². The van der Waals surface area contributed by atoms with Gasteiger partial charge in [0, 0.05) is 22.3 Å². The van der Waals surface area contributed by atoms with E-state index in [1.165, 1.54) is 42.5 Å². The molecule has 0 amide bonds. The zero-order valence-electron chi connectivity index (χ0n) is 14.7. The first-order valence-corrected chi connectivity index (χ1v) is 8.87. The van der Waals surface area contributed by atoms with E-state index in [9.17, 15) is 19.2 Å². The fourth-order valence-electron chi connectivity index (χ4n) is 3.38. The Morgan fingerprint density at radius 3 is 1.90 bits per heavy atom. The van der Waals surface area contributed by atoms with Crippen molar-refractivity contribution < 1.29 is 24.3 Å². The van der Waals surface area contributed by atoms with Crippen LogP contribution in [0.4, 0.5) is 5.69 Å². The average Bonchev–Trinajstić information content (AvgIpc) is 2.72. The summed E-state index contributed by atoms with van der Waals surface area (Å²) in [6.07, 6.45) is 0. The van der Waals surface area contributed by atoms with Gasteiger partial charge < -0.3 is 10.8 Å². The Balaban J connectivity index is 1.87. The predicted octanol–water partition coefficient (Wildman–Crippen LogP) is 3.63. The summed E-state index contributed by atoms with van der Waals surface area (Å²) in [7, 11) is 0. The largest absolute Gasteiger partial charge is 0.478 e. The third-order valence-electron chi connectivity index (χ3n) is 4.83. The van der Waals surface area contributed by atoms with Crippen LogP contribution in [0, 0.1) is 0 Å². The van der Waals surface area contributed by atoms with Crippen molar-refractivity contribution in [3.8, 4) is 0 Å². The molecule has 3 aromatic carbocycles. The van der Waals surface area contributed by atoms with Crippen molar-refractivity contribution in [2.45, 2.75) is 0 Å². The molecule has 0 aliphatic heterocycles. The first-order valence-electron chi connectivity index (χ1n) is 8.49. The fourth-order valence-corrected chi connectivity index (χ4v) is 3.67. The van der Waals surface area contributed by atoms with Crippen molar-refractivity contribution in [2.75, 3.05) is 5.73 Å². The Bertz CT molecular complexity index is 1240. The Hall–Kier alpha value is -3.77. The van der Waals surface area contributed by atoms with Gasteiger partial charge in [-0.05, 0) is 18.2 Å². The summed E-state index contributed by atoms with van der Waals surface area (Å²) in [5.41, 5.74) is 6.50. The minimum Gasteiger partial charge on any atom is -0.478 e. The van der Waals surface area contributed by atoms with Gasteiger partial charge in [-0.25, -0.2) is 4.79 Å². The maximum atomic E-state index is 13.0. The average molecular weight is 406 g/mol. The molecule has 3 N–H and O–H groups in total. The fraction of sp³-hybridized carbons (Fsp3) is 0. The molecular weight excluding hydrogens is 394 g/mol. The number of halogens is 1. The maximum Gasteiger partial charge on any atom is 0.335 e. The lowest BCUT2D eigenvalue weighted by molar-refractivity contribution is 0.0696. The van der Waals surface area contributed by atoms with Crippen molar-refractivity contribution >= 4 is 40.6 Å². The normalized spacial score (nSPS) is 12.3. The van der Waals surface area contributed by atoms with Gasteiger partial charge in [0.15, 0.2) is 17.3 Å². The van der Waals surface area contributed by atoms with Crippen molar-refractivity contribution in [1.29, 1.82) is 0 Å². The molecule has 4 rings (SSSR count). The van der Waals surface area contributed by atoms with Crippen LogP contribution in [0.15, 0.2) is 54.6 Å². The van der Waals surface area contributed by atoms with E-state index in [0.717, 1.165) is 0 Å². The number of rotatable bonds is 3. The van der Waals surface area contributed by atoms with Gasteiger partial charge in [0.2, 0.25) is 0 Å². The van der Waals surface area contributed by atoms with E-state index in [2.05, 4.69) is 0 Å². The number of carbonyl (C=O) groups is 4. The molecule has 0 aromatic heterocycles. The first-order chi connectivity index (χ1) is 13.8. The summed E-state index contributed by atoms with van der Waals surface area (Å²) in [5.74, 6) is -2.58. The molecule has 0 bridgehead atoms. The molecule has 6 nitrogen and oxygen atoms in total. The molecule has 1 aliphatic rings. The molecule has 0 saturated heterocycles. The van der Waals surface area contributed by atoms with E-state index in [4.69, 9.17) is 22.4 Å². The van der Waals surface area contributed by atoms with Crippen molar-refractivity contribution in [2.24, 2.45) is 0 Å². The van der Waals surface area contributed by atoms with Crippen LogP contribution < -0.4 is 5.73 Å². The van der Waals surface area contributed by atoms with Crippen molar-refractivity contribution in [3.63, 3.8) is 0 Å². The van der Waals surface area contributed by atoms with Crippen LogP contribution in [0.25, 0.3) is 0 Å². The number of nitrogens with two attached hydrogens (primary N) is 1. The van der Waals surface area contributed by atoms with E-state index in [1.54, 1.807) is 12.1 Å². The SMILES string of the molecule is Nc1c(C(=O)c2ccc(C(=O)O)cc2)cc(Cl)c2c1C(=O)c1ccccc1C2=O. The second kappa shape index (κ2) is 6.68. The Labute approximate surface area is 169 Å². The Morgan fingerprint density at radius 1 is 0.828 bits per heavy atom. The van der Waals surface area contributed by atoms with Crippen LogP contribution in [0.1, 0.15) is 58.1 Å². The molecule has 29 heavy (non-hydrogen) atoms. The highest BCUT2D eigenvalue weighted by Crippen LogP contribution is 2.37.